The summed E-state index contributed by atoms with van der Waals surface area (Å²) < 4.78 is 10.4. The Kier molecular flexibility index (Phi) is 5.47. The zero-order valence-electron chi connectivity index (χ0n) is 13.3. The molecule has 0 bridgehead atoms. The molecule has 3 aromatic rings. The van der Waals surface area contributed by atoms with Crippen LogP contribution in [0.4, 0.5) is 5.69 Å². The minimum atomic E-state index is 0.299. The molecule has 6 nitrogen and oxygen atoms in total. The van der Waals surface area contributed by atoms with Gasteiger partial charge in [-0.05, 0) is 36.5 Å². The number of aromatic nitrogens is 2. The van der Waals surface area contributed by atoms with Gasteiger partial charge in [0.15, 0.2) is 5.11 Å². The van der Waals surface area contributed by atoms with E-state index in [0.717, 1.165) is 17.0 Å². The summed E-state index contributed by atoms with van der Waals surface area (Å²) in [6.45, 7) is 0.299. The quantitative estimate of drug-likeness (QED) is 0.656. The smallest absolute Gasteiger partial charge is 0.246 e. The second-order valence-electron chi connectivity index (χ2n) is 5.03. The average Bonchev–Trinajstić information content (AvgIpc) is 3.09. The van der Waals surface area contributed by atoms with Gasteiger partial charge >= 0.3 is 0 Å². The fraction of sp³-hybridized carbons (Fsp3) is 0.118. The standard InChI is InChI=1S/C17H15ClN4O2S/c1-23-12-6-4-5-11(9-12)20-17(25)19-10-15-21-16(22-24-15)13-7-2-3-8-14(13)18/h2-9H,10H2,1H3,(H2,19,20,25). The van der Waals surface area contributed by atoms with Crippen molar-refractivity contribution in [2.75, 3.05) is 12.4 Å². The van der Waals surface area contributed by atoms with Gasteiger partial charge in [-0.2, -0.15) is 4.98 Å². The number of nitrogens with zero attached hydrogens (tertiary/aromatic N) is 2. The first-order valence-electron chi connectivity index (χ1n) is 7.42. The minimum absolute atomic E-state index is 0.299. The lowest BCUT2D eigenvalue weighted by molar-refractivity contribution is 0.376. The van der Waals surface area contributed by atoms with Crippen molar-refractivity contribution in [3.8, 4) is 17.1 Å². The van der Waals surface area contributed by atoms with Crippen LogP contribution in [0.15, 0.2) is 53.1 Å². The number of ether oxygens (including phenoxy) is 1. The summed E-state index contributed by atoms with van der Waals surface area (Å²) in [5, 5.41) is 11.0. The van der Waals surface area contributed by atoms with Crippen molar-refractivity contribution in [1.29, 1.82) is 0 Å². The van der Waals surface area contributed by atoms with Crippen molar-refractivity contribution in [2.24, 2.45) is 0 Å². The summed E-state index contributed by atoms with van der Waals surface area (Å²) in [5.41, 5.74) is 1.54. The van der Waals surface area contributed by atoms with Gasteiger partial charge in [-0.1, -0.05) is 35.0 Å². The SMILES string of the molecule is COc1cccc(NC(=S)NCc2nc(-c3ccccc3Cl)no2)c1. The molecule has 0 amide bonds. The maximum absolute atomic E-state index is 6.13. The Balaban J connectivity index is 1.58. The van der Waals surface area contributed by atoms with E-state index in [9.17, 15) is 0 Å². The number of nitrogens with one attached hydrogen (secondary N) is 2. The molecule has 0 radical (unpaired) electrons. The molecule has 25 heavy (non-hydrogen) atoms. The highest BCUT2D eigenvalue weighted by Crippen LogP contribution is 2.24. The van der Waals surface area contributed by atoms with Crippen molar-refractivity contribution in [2.45, 2.75) is 6.54 Å². The Morgan fingerprint density at radius 2 is 2.08 bits per heavy atom. The molecule has 0 aliphatic heterocycles. The van der Waals surface area contributed by atoms with Gasteiger partial charge in [0.1, 0.15) is 5.75 Å². The highest BCUT2D eigenvalue weighted by Gasteiger charge is 2.11. The van der Waals surface area contributed by atoms with Crippen molar-refractivity contribution in [3.63, 3.8) is 0 Å². The first-order valence-corrected chi connectivity index (χ1v) is 8.21. The fourth-order valence-corrected chi connectivity index (χ4v) is 2.52. The number of rotatable bonds is 5. The Bertz CT molecular complexity index is 884. The molecule has 0 aliphatic carbocycles. The van der Waals surface area contributed by atoms with Crippen LogP contribution in [0.3, 0.4) is 0 Å². The zero-order chi connectivity index (χ0) is 17.6. The second kappa shape index (κ2) is 7.96. The highest BCUT2D eigenvalue weighted by atomic mass is 35.5. The summed E-state index contributed by atoms with van der Waals surface area (Å²) >= 11 is 11.4. The predicted octanol–water partition coefficient (Wildman–Crippen LogP) is 3.89. The molecule has 1 heterocycles. The van der Waals surface area contributed by atoms with Crippen molar-refractivity contribution in [3.05, 3.63) is 59.4 Å². The van der Waals surface area contributed by atoms with Gasteiger partial charge in [0, 0.05) is 17.3 Å². The van der Waals surface area contributed by atoms with Gasteiger partial charge in [0.05, 0.1) is 18.7 Å². The van der Waals surface area contributed by atoms with Gasteiger partial charge in [-0.15, -0.1) is 0 Å². The van der Waals surface area contributed by atoms with Crippen LogP contribution in [-0.4, -0.2) is 22.4 Å². The van der Waals surface area contributed by atoms with Crippen molar-refractivity contribution < 1.29 is 9.26 Å². The van der Waals surface area contributed by atoms with Crippen LogP contribution in [0.25, 0.3) is 11.4 Å². The van der Waals surface area contributed by atoms with Gasteiger partial charge in [0.25, 0.3) is 0 Å². The third-order valence-corrected chi connectivity index (χ3v) is 3.89. The van der Waals surface area contributed by atoms with E-state index in [1.54, 1.807) is 13.2 Å². The minimum Gasteiger partial charge on any atom is -0.497 e. The van der Waals surface area contributed by atoms with E-state index in [1.807, 2.05) is 42.5 Å². The van der Waals surface area contributed by atoms with Crippen LogP contribution in [0.2, 0.25) is 5.02 Å². The van der Waals surface area contributed by atoms with Crippen LogP contribution < -0.4 is 15.4 Å². The number of benzene rings is 2. The number of halogens is 1. The molecule has 0 fully saturated rings. The Morgan fingerprint density at radius 3 is 2.88 bits per heavy atom. The number of methoxy groups -OCH3 is 1. The lowest BCUT2D eigenvalue weighted by Crippen LogP contribution is -2.28. The molecule has 0 atom stereocenters. The van der Waals surface area contributed by atoms with Crippen molar-refractivity contribution >= 4 is 34.6 Å². The largest absolute Gasteiger partial charge is 0.497 e. The molecular formula is C17H15ClN4O2S. The monoisotopic (exact) mass is 374 g/mol. The van der Waals surface area contributed by atoms with Crippen LogP contribution in [0, 0.1) is 0 Å². The average molecular weight is 375 g/mol. The van der Waals surface area contributed by atoms with E-state index in [4.69, 9.17) is 33.1 Å². The number of thiocarbonyl (C=S) groups is 1. The molecule has 3 rings (SSSR count). The molecule has 2 aromatic carbocycles. The van der Waals surface area contributed by atoms with E-state index in [-0.39, 0.29) is 0 Å². The Labute approximate surface area is 155 Å². The number of hydrogen-bond donors (Lipinski definition) is 2. The van der Waals surface area contributed by atoms with E-state index in [2.05, 4.69) is 20.8 Å². The number of anilines is 1. The lowest BCUT2D eigenvalue weighted by Gasteiger charge is -2.09. The molecule has 8 heteroatoms. The van der Waals surface area contributed by atoms with Crippen LogP contribution >= 0.6 is 23.8 Å². The predicted molar refractivity (Wildman–Crippen MR) is 101 cm³/mol. The van der Waals surface area contributed by atoms with E-state index >= 15 is 0 Å². The Morgan fingerprint density at radius 1 is 1.24 bits per heavy atom. The number of hydrogen-bond acceptors (Lipinski definition) is 5. The molecular weight excluding hydrogens is 360 g/mol. The molecule has 1 aromatic heterocycles. The van der Waals surface area contributed by atoms with Gasteiger partial charge < -0.3 is 19.9 Å². The third kappa shape index (κ3) is 4.46. The maximum Gasteiger partial charge on any atom is 0.246 e. The molecule has 2 N–H and O–H groups in total. The summed E-state index contributed by atoms with van der Waals surface area (Å²) in [4.78, 5) is 4.32. The van der Waals surface area contributed by atoms with Gasteiger partial charge in [0.2, 0.25) is 11.7 Å². The first-order chi connectivity index (χ1) is 12.2. The summed E-state index contributed by atoms with van der Waals surface area (Å²) in [7, 11) is 1.61. The van der Waals surface area contributed by atoms with Crippen LogP contribution in [0.1, 0.15) is 5.89 Å². The van der Waals surface area contributed by atoms with E-state index < -0.39 is 0 Å². The molecule has 0 aliphatic rings. The normalized spacial score (nSPS) is 10.3. The molecule has 0 saturated carbocycles. The summed E-state index contributed by atoms with van der Waals surface area (Å²) in [6, 6.07) is 14.8. The topological polar surface area (TPSA) is 72.2 Å². The molecule has 128 valence electrons. The second-order valence-corrected chi connectivity index (χ2v) is 5.85. The summed E-state index contributed by atoms with van der Waals surface area (Å²) in [5.74, 6) is 1.59. The van der Waals surface area contributed by atoms with Crippen LogP contribution in [0.5, 0.6) is 5.75 Å². The fourth-order valence-electron chi connectivity index (χ4n) is 2.11. The van der Waals surface area contributed by atoms with Crippen LogP contribution in [-0.2, 0) is 6.54 Å². The van der Waals surface area contributed by atoms with E-state index in [1.165, 1.54) is 0 Å². The third-order valence-electron chi connectivity index (χ3n) is 3.31. The highest BCUT2D eigenvalue weighted by molar-refractivity contribution is 7.80. The Hall–Kier alpha value is -2.64. The molecule has 0 saturated heterocycles. The van der Waals surface area contributed by atoms with Gasteiger partial charge in [-0.3, -0.25) is 0 Å². The zero-order valence-corrected chi connectivity index (χ0v) is 14.9. The van der Waals surface area contributed by atoms with E-state index in [0.29, 0.717) is 28.4 Å². The summed E-state index contributed by atoms with van der Waals surface area (Å²) in [6.07, 6.45) is 0. The lowest BCUT2D eigenvalue weighted by atomic mass is 10.2. The van der Waals surface area contributed by atoms with Gasteiger partial charge in [-0.25, -0.2) is 0 Å². The molecule has 0 unspecified atom stereocenters. The maximum atomic E-state index is 6.13. The first kappa shape index (κ1) is 17.2. The molecule has 0 spiro atoms. The van der Waals surface area contributed by atoms with Crippen molar-refractivity contribution in [1.82, 2.24) is 15.5 Å².